The molecule has 0 aliphatic heterocycles. The van der Waals surface area contributed by atoms with E-state index in [0.717, 1.165) is 35.7 Å². The van der Waals surface area contributed by atoms with E-state index in [4.69, 9.17) is 9.72 Å². The Morgan fingerprint density at radius 1 is 1.24 bits per heavy atom. The summed E-state index contributed by atoms with van der Waals surface area (Å²) >= 11 is 0. The molecule has 1 N–H and O–H groups in total. The minimum Gasteiger partial charge on any atom is -0.497 e. The van der Waals surface area contributed by atoms with Gasteiger partial charge in [0.2, 0.25) is 0 Å². The molecule has 0 atom stereocenters. The number of ether oxygens (including phenoxy) is 1. The monoisotopic (exact) mass is 281 g/mol. The van der Waals surface area contributed by atoms with Crippen LogP contribution in [0.3, 0.4) is 0 Å². The predicted molar refractivity (Wildman–Crippen MR) is 84.6 cm³/mol. The molecule has 2 aromatic heterocycles. The van der Waals surface area contributed by atoms with E-state index in [1.807, 2.05) is 34.9 Å². The number of nitrogens with zero attached hydrogens (tertiary/aromatic N) is 2. The van der Waals surface area contributed by atoms with Crippen LogP contribution in [0.25, 0.3) is 16.9 Å². The summed E-state index contributed by atoms with van der Waals surface area (Å²) in [5.41, 5.74) is 4.22. The molecule has 2 heterocycles. The summed E-state index contributed by atoms with van der Waals surface area (Å²) < 4.78 is 7.32. The Morgan fingerprint density at radius 2 is 2.14 bits per heavy atom. The minimum atomic E-state index is 0.845. The number of nitrogens with one attached hydrogen (secondary N) is 1. The fourth-order valence-electron chi connectivity index (χ4n) is 2.32. The first kappa shape index (κ1) is 13.6. The highest BCUT2D eigenvalue weighted by Gasteiger charge is 2.06. The fourth-order valence-corrected chi connectivity index (χ4v) is 2.32. The topological polar surface area (TPSA) is 38.6 Å². The second-order valence-corrected chi connectivity index (χ2v) is 4.94. The van der Waals surface area contributed by atoms with Crippen LogP contribution in [0, 0.1) is 0 Å². The molecule has 1 aromatic carbocycles. The molecule has 0 saturated heterocycles. The molecule has 0 radical (unpaired) electrons. The van der Waals surface area contributed by atoms with Crippen LogP contribution >= 0.6 is 0 Å². The van der Waals surface area contributed by atoms with E-state index in [9.17, 15) is 0 Å². The van der Waals surface area contributed by atoms with Gasteiger partial charge in [-0.25, -0.2) is 4.98 Å². The first-order chi connectivity index (χ1) is 10.3. The lowest BCUT2D eigenvalue weighted by atomic mass is 10.1. The van der Waals surface area contributed by atoms with Gasteiger partial charge >= 0.3 is 0 Å². The number of hydrogen-bond donors (Lipinski definition) is 1. The summed E-state index contributed by atoms with van der Waals surface area (Å²) in [6.45, 7) is 3.94. The summed E-state index contributed by atoms with van der Waals surface area (Å²) in [5, 5.41) is 3.33. The van der Waals surface area contributed by atoms with Gasteiger partial charge in [-0.15, -0.1) is 0 Å². The molecule has 108 valence electrons. The summed E-state index contributed by atoms with van der Waals surface area (Å²) in [4.78, 5) is 4.71. The van der Waals surface area contributed by atoms with Gasteiger partial charge in [0.05, 0.1) is 12.8 Å². The molecule has 0 fully saturated rings. The minimum absolute atomic E-state index is 0.845. The third-order valence-corrected chi connectivity index (χ3v) is 3.47. The van der Waals surface area contributed by atoms with Gasteiger partial charge in [-0.1, -0.05) is 19.1 Å². The van der Waals surface area contributed by atoms with E-state index in [2.05, 4.69) is 30.6 Å². The van der Waals surface area contributed by atoms with Crippen molar-refractivity contribution >= 4 is 5.65 Å². The number of aromatic nitrogens is 2. The molecule has 0 bridgehead atoms. The lowest BCUT2D eigenvalue weighted by Crippen LogP contribution is -2.11. The lowest BCUT2D eigenvalue weighted by molar-refractivity contribution is 0.415. The molecule has 0 aliphatic rings. The van der Waals surface area contributed by atoms with Crippen LogP contribution in [-0.2, 0) is 6.54 Å². The Hall–Kier alpha value is -2.33. The van der Waals surface area contributed by atoms with Crippen molar-refractivity contribution in [1.82, 2.24) is 14.7 Å². The molecule has 21 heavy (non-hydrogen) atoms. The van der Waals surface area contributed by atoms with Gasteiger partial charge in [0.25, 0.3) is 0 Å². The van der Waals surface area contributed by atoms with Crippen molar-refractivity contribution in [3.8, 4) is 17.0 Å². The molecule has 0 saturated carbocycles. The maximum Gasteiger partial charge on any atom is 0.137 e. The van der Waals surface area contributed by atoms with Crippen molar-refractivity contribution in [2.45, 2.75) is 13.5 Å². The van der Waals surface area contributed by atoms with Crippen LogP contribution in [0.1, 0.15) is 12.5 Å². The van der Waals surface area contributed by atoms with E-state index in [0.29, 0.717) is 0 Å². The zero-order chi connectivity index (χ0) is 14.7. The van der Waals surface area contributed by atoms with E-state index in [1.54, 1.807) is 7.11 Å². The zero-order valence-electron chi connectivity index (χ0n) is 12.3. The normalized spacial score (nSPS) is 11.0. The molecule has 0 spiro atoms. The molecule has 3 rings (SSSR count). The second-order valence-electron chi connectivity index (χ2n) is 4.94. The highest BCUT2D eigenvalue weighted by Crippen LogP contribution is 2.23. The molecular formula is C17H19N3O. The van der Waals surface area contributed by atoms with Crippen LogP contribution in [-0.4, -0.2) is 23.0 Å². The predicted octanol–water partition coefficient (Wildman–Crippen LogP) is 3.12. The van der Waals surface area contributed by atoms with Gasteiger partial charge in [0.15, 0.2) is 0 Å². The Kier molecular flexibility index (Phi) is 3.88. The average molecular weight is 281 g/mol. The summed E-state index contributed by atoms with van der Waals surface area (Å²) in [7, 11) is 1.68. The number of benzene rings is 1. The summed E-state index contributed by atoms with van der Waals surface area (Å²) in [6, 6.07) is 12.2. The molecule has 4 nitrogen and oxygen atoms in total. The van der Waals surface area contributed by atoms with Crippen molar-refractivity contribution in [2.24, 2.45) is 0 Å². The van der Waals surface area contributed by atoms with E-state index >= 15 is 0 Å². The van der Waals surface area contributed by atoms with Crippen molar-refractivity contribution < 1.29 is 4.74 Å². The molecule has 0 aliphatic carbocycles. The standard InChI is InChI=1S/C17H19N3O/c1-3-18-11-13-7-8-20-12-16(19-17(20)9-13)14-5-4-6-15(10-14)21-2/h4-10,12,18H,3,11H2,1-2H3. The fraction of sp³-hybridized carbons (Fsp3) is 0.235. The highest BCUT2D eigenvalue weighted by molar-refractivity contribution is 5.64. The third kappa shape index (κ3) is 2.90. The van der Waals surface area contributed by atoms with Gasteiger partial charge in [-0.05, 0) is 36.4 Å². The van der Waals surface area contributed by atoms with Gasteiger partial charge in [0, 0.05) is 24.5 Å². The average Bonchev–Trinajstić information content (AvgIpc) is 2.96. The number of hydrogen-bond acceptors (Lipinski definition) is 3. The van der Waals surface area contributed by atoms with Crippen molar-refractivity contribution in [3.63, 3.8) is 0 Å². The van der Waals surface area contributed by atoms with E-state index < -0.39 is 0 Å². The quantitative estimate of drug-likeness (QED) is 0.781. The summed E-state index contributed by atoms with van der Waals surface area (Å²) in [5.74, 6) is 0.845. The lowest BCUT2D eigenvalue weighted by Gasteiger charge is -2.01. The first-order valence-electron chi connectivity index (χ1n) is 7.13. The molecule has 0 unspecified atom stereocenters. The SMILES string of the molecule is CCNCc1ccn2cc(-c3cccc(OC)c3)nc2c1. The number of rotatable bonds is 5. The maximum atomic E-state index is 5.27. The maximum absolute atomic E-state index is 5.27. The summed E-state index contributed by atoms with van der Waals surface area (Å²) in [6.07, 6.45) is 4.10. The van der Waals surface area contributed by atoms with Gasteiger partial charge in [-0.3, -0.25) is 0 Å². The van der Waals surface area contributed by atoms with Crippen LogP contribution < -0.4 is 10.1 Å². The number of pyridine rings is 1. The largest absolute Gasteiger partial charge is 0.497 e. The molecule has 3 aromatic rings. The van der Waals surface area contributed by atoms with Crippen molar-refractivity contribution in [3.05, 3.63) is 54.4 Å². The van der Waals surface area contributed by atoms with Crippen LogP contribution in [0.2, 0.25) is 0 Å². The van der Waals surface area contributed by atoms with Crippen molar-refractivity contribution in [1.29, 1.82) is 0 Å². The Bertz CT molecular complexity index is 749. The first-order valence-corrected chi connectivity index (χ1v) is 7.13. The Balaban J connectivity index is 1.96. The second kappa shape index (κ2) is 5.97. The molecule has 4 heteroatoms. The number of fused-ring (bicyclic) bond motifs is 1. The van der Waals surface area contributed by atoms with Gasteiger partial charge in [0.1, 0.15) is 11.4 Å². The van der Waals surface area contributed by atoms with Crippen LogP contribution in [0.4, 0.5) is 0 Å². The van der Waals surface area contributed by atoms with E-state index in [1.165, 1.54) is 5.56 Å². The van der Waals surface area contributed by atoms with Gasteiger partial charge in [-0.2, -0.15) is 0 Å². The number of imidazole rings is 1. The highest BCUT2D eigenvalue weighted by atomic mass is 16.5. The smallest absolute Gasteiger partial charge is 0.137 e. The third-order valence-electron chi connectivity index (χ3n) is 3.47. The van der Waals surface area contributed by atoms with Crippen LogP contribution in [0.15, 0.2) is 48.8 Å². The molecule has 0 amide bonds. The zero-order valence-corrected chi connectivity index (χ0v) is 12.3. The van der Waals surface area contributed by atoms with Crippen LogP contribution in [0.5, 0.6) is 5.75 Å². The Labute approximate surface area is 124 Å². The van der Waals surface area contributed by atoms with Crippen molar-refractivity contribution in [2.75, 3.05) is 13.7 Å². The number of methoxy groups -OCH3 is 1. The van der Waals surface area contributed by atoms with E-state index in [-0.39, 0.29) is 0 Å². The Morgan fingerprint density at radius 3 is 2.95 bits per heavy atom. The molecular weight excluding hydrogens is 262 g/mol. The van der Waals surface area contributed by atoms with Gasteiger partial charge < -0.3 is 14.5 Å².